The number of carbonyl (C=O) groups excluding carboxylic acids is 3. The molecule has 1 aliphatic heterocycles. The van der Waals surface area contributed by atoms with E-state index < -0.39 is 23.3 Å². The molecule has 1 atom stereocenters. The summed E-state index contributed by atoms with van der Waals surface area (Å²) in [6.07, 6.45) is 0. The smallest absolute Gasteiger partial charge is 0.308 e. The Balaban J connectivity index is 2.46. The molecule has 0 aliphatic carbocycles. The highest BCUT2D eigenvalue weighted by Crippen LogP contribution is 2.40. The molecule has 8 heteroatoms. The molecule has 1 N–H and O–H groups in total. The summed E-state index contributed by atoms with van der Waals surface area (Å²) in [5, 5.41) is 2.90. The van der Waals surface area contributed by atoms with Crippen LogP contribution >= 0.6 is 23.2 Å². The average molecular weight is 358 g/mol. The van der Waals surface area contributed by atoms with Crippen LogP contribution in [0.3, 0.4) is 0 Å². The van der Waals surface area contributed by atoms with E-state index in [1.807, 2.05) is 0 Å². The molecule has 23 heavy (non-hydrogen) atoms. The van der Waals surface area contributed by atoms with Crippen LogP contribution in [-0.2, 0) is 29.5 Å². The number of ether oxygens (including phenoxy) is 2. The predicted molar refractivity (Wildman–Crippen MR) is 82.5 cm³/mol. The first-order chi connectivity index (χ1) is 10.6. The standard InChI is InChI=1S/C15H13Cl2NO5/c1-7(19)18-14-12(22-8(2)20)13(21)15(3,23-14)9-4-5-10(16)11(17)6-9/h4-6H,1-3H3,(H,18,19). The first kappa shape index (κ1) is 17.3. The normalized spacial score (nSPS) is 20.3. The lowest BCUT2D eigenvalue weighted by Gasteiger charge is -2.23. The molecule has 122 valence electrons. The third-order valence-corrected chi connectivity index (χ3v) is 3.90. The van der Waals surface area contributed by atoms with Crippen LogP contribution < -0.4 is 5.32 Å². The highest BCUT2D eigenvalue weighted by atomic mass is 35.5. The van der Waals surface area contributed by atoms with E-state index in [-0.39, 0.29) is 16.7 Å². The van der Waals surface area contributed by atoms with E-state index in [1.165, 1.54) is 26.0 Å². The number of ketones is 1. The van der Waals surface area contributed by atoms with Crippen molar-refractivity contribution in [2.45, 2.75) is 26.4 Å². The lowest BCUT2D eigenvalue weighted by atomic mass is 9.91. The second-order valence-electron chi connectivity index (χ2n) is 5.03. The summed E-state index contributed by atoms with van der Waals surface area (Å²) in [6.45, 7) is 3.86. The fourth-order valence-electron chi connectivity index (χ4n) is 2.08. The molecule has 0 bridgehead atoms. The van der Waals surface area contributed by atoms with E-state index in [2.05, 4.69) is 5.32 Å². The lowest BCUT2D eigenvalue weighted by Crippen LogP contribution is -2.32. The molecular formula is C15H13Cl2NO5. The third-order valence-electron chi connectivity index (χ3n) is 3.16. The Morgan fingerprint density at radius 1 is 1.22 bits per heavy atom. The van der Waals surface area contributed by atoms with Gasteiger partial charge in [-0.05, 0) is 19.1 Å². The zero-order chi connectivity index (χ0) is 17.4. The van der Waals surface area contributed by atoms with Gasteiger partial charge in [-0.15, -0.1) is 0 Å². The van der Waals surface area contributed by atoms with Gasteiger partial charge in [0, 0.05) is 19.4 Å². The van der Waals surface area contributed by atoms with Gasteiger partial charge >= 0.3 is 5.97 Å². The summed E-state index contributed by atoms with van der Waals surface area (Å²) in [7, 11) is 0. The van der Waals surface area contributed by atoms with Gasteiger partial charge in [0.05, 0.1) is 10.0 Å². The van der Waals surface area contributed by atoms with Crippen molar-refractivity contribution < 1.29 is 23.9 Å². The third kappa shape index (κ3) is 3.33. The molecule has 0 saturated heterocycles. The molecule has 1 aliphatic rings. The summed E-state index contributed by atoms with van der Waals surface area (Å²) < 4.78 is 10.5. The zero-order valence-electron chi connectivity index (χ0n) is 12.5. The largest absolute Gasteiger partial charge is 0.456 e. The van der Waals surface area contributed by atoms with Crippen molar-refractivity contribution in [1.29, 1.82) is 0 Å². The Kier molecular flexibility index (Phi) is 4.68. The number of nitrogens with one attached hydrogen (secondary N) is 1. The Morgan fingerprint density at radius 2 is 1.87 bits per heavy atom. The van der Waals surface area contributed by atoms with Crippen molar-refractivity contribution in [2.24, 2.45) is 0 Å². The van der Waals surface area contributed by atoms with E-state index >= 15 is 0 Å². The minimum absolute atomic E-state index is 0.216. The minimum atomic E-state index is -1.50. The van der Waals surface area contributed by atoms with Crippen LogP contribution in [0.2, 0.25) is 10.0 Å². The molecule has 0 fully saturated rings. The molecule has 1 unspecified atom stereocenters. The van der Waals surface area contributed by atoms with Gasteiger partial charge in [-0.1, -0.05) is 29.3 Å². The Bertz CT molecular complexity index is 743. The van der Waals surface area contributed by atoms with Gasteiger partial charge in [0.25, 0.3) is 5.78 Å². The quantitative estimate of drug-likeness (QED) is 0.841. The van der Waals surface area contributed by atoms with Gasteiger partial charge in [-0.25, -0.2) is 0 Å². The lowest BCUT2D eigenvalue weighted by molar-refractivity contribution is -0.142. The summed E-state index contributed by atoms with van der Waals surface area (Å²) in [5.41, 5.74) is -1.10. The van der Waals surface area contributed by atoms with Gasteiger partial charge in [-0.2, -0.15) is 0 Å². The number of halogens is 2. The molecular weight excluding hydrogens is 345 g/mol. The van der Waals surface area contributed by atoms with Crippen molar-refractivity contribution >= 4 is 40.9 Å². The van der Waals surface area contributed by atoms with Crippen LogP contribution in [0.25, 0.3) is 0 Å². The molecule has 0 aromatic heterocycles. The monoisotopic (exact) mass is 357 g/mol. The summed E-state index contributed by atoms with van der Waals surface area (Å²) in [5.74, 6) is -2.38. The van der Waals surface area contributed by atoms with Gasteiger partial charge in [0.15, 0.2) is 5.60 Å². The van der Waals surface area contributed by atoms with Crippen LogP contribution in [0, 0.1) is 0 Å². The summed E-state index contributed by atoms with van der Waals surface area (Å²) in [6, 6.07) is 4.56. The SMILES string of the molecule is CC(=O)NC1=C(OC(C)=O)C(=O)C(C)(c2ccc(Cl)c(Cl)c2)O1. The van der Waals surface area contributed by atoms with E-state index in [1.54, 1.807) is 6.07 Å². The number of benzene rings is 1. The molecule has 1 aromatic carbocycles. The zero-order valence-corrected chi connectivity index (χ0v) is 14.0. The van der Waals surface area contributed by atoms with E-state index in [4.69, 9.17) is 32.7 Å². The van der Waals surface area contributed by atoms with Crippen molar-refractivity contribution in [2.75, 3.05) is 0 Å². The fourth-order valence-corrected chi connectivity index (χ4v) is 2.38. The summed E-state index contributed by atoms with van der Waals surface area (Å²) >= 11 is 11.8. The number of esters is 1. The second kappa shape index (κ2) is 6.22. The van der Waals surface area contributed by atoms with Crippen LogP contribution in [-0.4, -0.2) is 17.7 Å². The first-order valence-electron chi connectivity index (χ1n) is 6.54. The van der Waals surface area contributed by atoms with Crippen molar-refractivity contribution in [1.82, 2.24) is 5.32 Å². The summed E-state index contributed by atoms with van der Waals surface area (Å²) in [4.78, 5) is 35.1. The fraction of sp³-hybridized carbons (Fsp3) is 0.267. The number of Topliss-reactive ketones (excluding diaryl/α,β-unsaturated/α-hetero) is 1. The van der Waals surface area contributed by atoms with Crippen LogP contribution in [0.1, 0.15) is 26.3 Å². The minimum Gasteiger partial charge on any atom is -0.456 e. The molecule has 6 nitrogen and oxygen atoms in total. The van der Waals surface area contributed by atoms with Gasteiger partial charge in [0.1, 0.15) is 0 Å². The Hall–Kier alpha value is -2.05. The Labute approximate surface area is 142 Å². The van der Waals surface area contributed by atoms with Crippen LogP contribution in [0.5, 0.6) is 0 Å². The number of carbonyl (C=O) groups is 3. The number of amides is 1. The maximum Gasteiger partial charge on any atom is 0.308 e. The van der Waals surface area contributed by atoms with E-state index in [9.17, 15) is 14.4 Å². The van der Waals surface area contributed by atoms with Crippen LogP contribution in [0.15, 0.2) is 29.8 Å². The maximum atomic E-state index is 12.7. The highest BCUT2D eigenvalue weighted by Gasteiger charge is 2.49. The van der Waals surface area contributed by atoms with Crippen molar-refractivity contribution in [3.8, 4) is 0 Å². The maximum absolute atomic E-state index is 12.7. The molecule has 0 radical (unpaired) electrons. The number of rotatable bonds is 3. The molecule has 1 heterocycles. The van der Waals surface area contributed by atoms with Gasteiger partial charge in [0.2, 0.25) is 17.5 Å². The number of hydrogen-bond acceptors (Lipinski definition) is 5. The van der Waals surface area contributed by atoms with Crippen LogP contribution in [0.4, 0.5) is 0 Å². The van der Waals surface area contributed by atoms with Crippen molar-refractivity contribution in [3.63, 3.8) is 0 Å². The van der Waals surface area contributed by atoms with Crippen molar-refractivity contribution in [3.05, 3.63) is 45.5 Å². The molecule has 1 amide bonds. The second-order valence-corrected chi connectivity index (χ2v) is 5.84. The van der Waals surface area contributed by atoms with Gasteiger partial charge in [-0.3, -0.25) is 19.7 Å². The van der Waals surface area contributed by atoms with Gasteiger partial charge < -0.3 is 9.47 Å². The molecule has 0 spiro atoms. The average Bonchev–Trinajstić information content (AvgIpc) is 2.66. The first-order valence-corrected chi connectivity index (χ1v) is 7.30. The Morgan fingerprint density at radius 3 is 2.39 bits per heavy atom. The topological polar surface area (TPSA) is 81.7 Å². The predicted octanol–water partition coefficient (Wildman–Crippen LogP) is 2.68. The number of hydrogen-bond donors (Lipinski definition) is 1. The van der Waals surface area contributed by atoms with E-state index in [0.29, 0.717) is 10.6 Å². The molecule has 1 aromatic rings. The molecule has 0 saturated carbocycles. The van der Waals surface area contributed by atoms with E-state index in [0.717, 1.165) is 6.92 Å². The molecule has 2 rings (SSSR count). The highest BCUT2D eigenvalue weighted by molar-refractivity contribution is 6.42.